The minimum Gasteiger partial charge on any atom is -0.462 e. The molecule has 0 saturated carbocycles. The summed E-state index contributed by atoms with van der Waals surface area (Å²) in [6, 6.07) is 0. The molecule has 0 bridgehead atoms. The molecule has 274 valence electrons. The largest absolute Gasteiger partial charge is 0.462 e. The third kappa shape index (κ3) is 34.6. The number of aliphatic hydroxyl groups is 2. The van der Waals surface area contributed by atoms with Crippen molar-refractivity contribution in [3.05, 3.63) is 72.9 Å². The third-order valence-electron chi connectivity index (χ3n) is 7.81. The van der Waals surface area contributed by atoms with Crippen molar-refractivity contribution in [1.82, 2.24) is 0 Å². The Morgan fingerprint density at radius 2 is 1.10 bits per heavy atom. The Labute approximate surface area is 294 Å². The predicted molar refractivity (Wildman–Crippen MR) is 202 cm³/mol. The number of unbranched alkanes of at least 4 members (excludes halogenated alkanes) is 10. The van der Waals surface area contributed by atoms with Crippen molar-refractivity contribution in [3.63, 3.8) is 0 Å². The normalized spacial score (nSPS) is 13.8. The second kappa shape index (κ2) is 35.6. The van der Waals surface area contributed by atoms with Gasteiger partial charge in [0.15, 0.2) is 6.10 Å². The number of carbonyl (C=O) groups excluding carboxylic acids is 2. The van der Waals surface area contributed by atoms with Gasteiger partial charge in [0.2, 0.25) is 0 Å². The Balaban J connectivity index is 3.84. The first-order valence-corrected chi connectivity index (χ1v) is 19.0. The Kier molecular flexibility index (Phi) is 33.6. The fourth-order valence-electron chi connectivity index (χ4n) is 4.91. The van der Waals surface area contributed by atoms with E-state index in [1.165, 1.54) is 57.8 Å². The molecule has 2 N–H and O–H groups in total. The molecule has 0 heterocycles. The minimum atomic E-state index is -0.869. The zero-order valence-corrected chi connectivity index (χ0v) is 30.7. The molecule has 0 radical (unpaired) electrons. The molecule has 0 rings (SSSR count). The van der Waals surface area contributed by atoms with E-state index < -0.39 is 24.8 Å². The topological polar surface area (TPSA) is 93.1 Å². The molecule has 0 aliphatic rings. The fraction of sp³-hybridized carbons (Fsp3) is 0.667. The van der Waals surface area contributed by atoms with Gasteiger partial charge >= 0.3 is 11.9 Å². The second-order valence-corrected chi connectivity index (χ2v) is 13.0. The van der Waals surface area contributed by atoms with E-state index in [9.17, 15) is 19.8 Å². The molecule has 0 fully saturated rings. The predicted octanol–water partition coefficient (Wildman–Crippen LogP) is 10.6. The maximum Gasteiger partial charge on any atom is 0.306 e. The van der Waals surface area contributed by atoms with Crippen LogP contribution < -0.4 is 0 Å². The van der Waals surface area contributed by atoms with Gasteiger partial charge in [-0.05, 0) is 50.9 Å². The first-order chi connectivity index (χ1) is 23.4. The molecule has 0 spiro atoms. The minimum absolute atomic E-state index is 0.0293. The standard InChI is InChI=1S/C42H70O6/c1-4-5-6-7-8-9-10-11-12-13-14-17-20-23-26-29-32-39(44)34-35-41(45)47-37-40(36-43)48-42(46)33-30-27-24-21-18-15-16-19-22-25-28-31-38(2)3/h5-6,8-9,11-12,14,17,23,26,29,32,38-40,43-44H,4,7,10,13,15-16,18-22,24-25,27-28,30-31,33-37H2,1-3H3/b6-5-,9-8-,12-11-,17-14-,26-23-,32-29-/t39?,40-/m0/s1. The molecule has 0 amide bonds. The first-order valence-electron chi connectivity index (χ1n) is 19.0. The Bertz CT molecular complexity index is 926. The molecular weight excluding hydrogens is 600 g/mol. The van der Waals surface area contributed by atoms with Crippen molar-refractivity contribution < 1.29 is 29.3 Å². The third-order valence-corrected chi connectivity index (χ3v) is 7.81. The number of hydrogen-bond acceptors (Lipinski definition) is 6. The summed E-state index contributed by atoms with van der Waals surface area (Å²) in [7, 11) is 0. The lowest BCUT2D eigenvalue weighted by Crippen LogP contribution is -2.28. The van der Waals surface area contributed by atoms with E-state index in [4.69, 9.17) is 9.47 Å². The van der Waals surface area contributed by atoms with E-state index in [-0.39, 0.29) is 25.4 Å². The molecular formula is C42H70O6. The summed E-state index contributed by atoms with van der Waals surface area (Å²) in [5, 5.41) is 19.6. The fourth-order valence-corrected chi connectivity index (χ4v) is 4.91. The number of ether oxygens (including phenoxy) is 2. The summed E-state index contributed by atoms with van der Waals surface area (Å²) in [4.78, 5) is 24.2. The van der Waals surface area contributed by atoms with Crippen LogP contribution >= 0.6 is 0 Å². The quantitative estimate of drug-likeness (QED) is 0.0320. The van der Waals surface area contributed by atoms with Crippen molar-refractivity contribution in [2.24, 2.45) is 5.92 Å². The Morgan fingerprint density at radius 3 is 1.62 bits per heavy atom. The Hall–Kier alpha value is -2.70. The van der Waals surface area contributed by atoms with Crippen molar-refractivity contribution in [1.29, 1.82) is 0 Å². The van der Waals surface area contributed by atoms with Gasteiger partial charge in [-0.25, -0.2) is 0 Å². The van der Waals surface area contributed by atoms with Crippen molar-refractivity contribution in [2.45, 2.75) is 161 Å². The number of hydrogen-bond donors (Lipinski definition) is 2. The average Bonchev–Trinajstić information content (AvgIpc) is 3.07. The number of carbonyl (C=O) groups is 2. The highest BCUT2D eigenvalue weighted by atomic mass is 16.6. The lowest BCUT2D eigenvalue weighted by Gasteiger charge is -2.16. The zero-order valence-electron chi connectivity index (χ0n) is 30.7. The molecule has 6 nitrogen and oxygen atoms in total. The molecule has 0 aromatic carbocycles. The van der Waals surface area contributed by atoms with Crippen LogP contribution in [0, 0.1) is 5.92 Å². The number of aliphatic hydroxyl groups excluding tert-OH is 2. The van der Waals surface area contributed by atoms with Gasteiger partial charge in [0, 0.05) is 12.8 Å². The molecule has 0 aliphatic carbocycles. The highest BCUT2D eigenvalue weighted by Gasteiger charge is 2.16. The first kappa shape index (κ1) is 45.3. The van der Waals surface area contributed by atoms with E-state index in [2.05, 4.69) is 69.4 Å². The van der Waals surface area contributed by atoms with Crippen molar-refractivity contribution >= 4 is 11.9 Å². The van der Waals surface area contributed by atoms with Crippen LogP contribution in [-0.4, -0.2) is 47.6 Å². The molecule has 0 aromatic rings. The molecule has 0 aliphatic heterocycles. The summed E-state index contributed by atoms with van der Waals surface area (Å²) in [6.07, 6.45) is 42.9. The van der Waals surface area contributed by atoms with Crippen LogP contribution in [0.15, 0.2) is 72.9 Å². The van der Waals surface area contributed by atoms with Gasteiger partial charge in [0.25, 0.3) is 0 Å². The monoisotopic (exact) mass is 671 g/mol. The van der Waals surface area contributed by atoms with Crippen molar-refractivity contribution in [3.8, 4) is 0 Å². The van der Waals surface area contributed by atoms with Crippen LogP contribution in [0.25, 0.3) is 0 Å². The zero-order chi connectivity index (χ0) is 35.3. The summed E-state index contributed by atoms with van der Waals surface area (Å²) >= 11 is 0. The smallest absolute Gasteiger partial charge is 0.306 e. The van der Waals surface area contributed by atoms with Crippen LogP contribution in [0.5, 0.6) is 0 Å². The van der Waals surface area contributed by atoms with Crippen LogP contribution in [-0.2, 0) is 19.1 Å². The summed E-state index contributed by atoms with van der Waals surface area (Å²) in [5.74, 6) is -0.0592. The van der Waals surface area contributed by atoms with Gasteiger partial charge in [-0.3, -0.25) is 9.59 Å². The summed E-state index contributed by atoms with van der Waals surface area (Å²) < 4.78 is 10.4. The molecule has 0 saturated heterocycles. The molecule has 0 aromatic heterocycles. The molecule has 1 unspecified atom stereocenters. The highest BCUT2D eigenvalue weighted by Crippen LogP contribution is 2.14. The lowest BCUT2D eigenvalue weighted by molar-refractivity contribution is -0.161. The average molecular weight is 671 g/mol. The van der Waals surface area contributed by atoms with Gasteiger partial charge in [-0.1, -0.05) is 164 Å². The van der Waals surface area contributed by atoms with Crippen LogP contribution in [0.4, 0.5) is 0 Å². The van der Waals surface area contributed by atoms with E-state index in [0.29, 0.717) is 6.42 Å². The number of esters is 2. The van der Waals surface area contributed by atoms with Gasteiger partial charge in [-0.2, -0.15) is 0 Å². The number of rotatable bonds is 32. The van der Waals surface area contributed by atoms with Gasteiger partial charge in [-0.15, -0.1) is 0 Å². The van der Waals surface area contributed by atoms with Gasteiger partial charge in [0.1, 0.15) is 6.61 Å². The molecule has 2 atom stereocenters. The van der Waals surface area contributed by atoms with E-state index >= 15 is 0 Å². The molecule has 48 heavy (non-hydrogen) atoms. The highest BCUT2D eigenvalue weighted by molar-refractivity contribution is 5.70. The van der Waals surface area contributed by atoms with E-state index in [0.717, 1.165) is 57.3 Å². The summed E-state index contributed by atoms with van der Waals surface area (Å²) in [6.45, 7) is 6.12. The van der Waals surface area contributed by atoms with Gasteiger partial charge in [0.05, 0.1) is 12.7 Å². The van der Waals surface area contributed by atoms with Gasteiger partial charge < -0.3 is 19.7 Å². The maximum absolute atomic E-state index is 12.2. The summed E-state index contributed by atoms with van der Waals surface area (Å²) in [5.41, 5.74) is 0. The van der Waals surface area contributed by atoms with E-state index in [1.807, 2.05) is 12.2 Å². The van der Waals surface area contributed by atoms with Crippen LogP contribution in [0.1, 0.15) is 149 Å². The molecule has 6 heteroatoms. The maximum atomic E-state index is 12.2. The SMILES string of the molecule is CC/C=C\C/C=C\C/C=C\C/C=C\C/C=C\C=C/C(O)CCC(=O)OC[C@H](CO)OC(=O)CCCCCCCCCCCCCC(C)C. The van der Waals surface area contributed by atoms with Crippen LogP contribution in [0.2, 0.25) is 0 Å². The number of allylic oxidation sites excluding steroid dienone is 11. The lowest BCUT2D eigenvalue weighted by atomic mass is 10.0. The second-order valence-electron chi connectivity index (χ2n) is 13.0. The Morgan fingerprint density at radius 1 is 0.604 bits per heavy atom. The van der Waals surface area contributed by atoms with E-state index in [1.54, 1.807) is 12.2 Å². The van der Waals surface area contributed by atoms with Crippen molar-refractivity contribution in [2.75, 3.05) is 13.2 Å². The van der Waals surface area contributed by atoms with Crippen LogP contribution in [0.3, 0.4) is 0 Å².